The molecule has 2 aromatic carbocycles. The van der Waals surface area contributed by atoms with E-state index in [0.29, 0.717) is 16.3 Å². The van der Waals surface area contributed by atoms with E-state index in [1.165, 1.54) is 12.2 Å². The lowest BCUT2D eigenvalue weighted by molar-refractivity contribution is -0.235. The summed E-state index contributed by atoms with van der Waals surface area (Å²) in [6.07, 6.45) is -1.42. The van der Waals surface area contributed by atoms with E-state index in [1.807, 2.05) is 42.5 Å². The first kappa shape index (κ1) is 34.8. The van der Waals surface area contributed by atoms with Gasteiger partial charge in [0.25, 0.3) is 0 Å². The molecular weight excluding hydrogens is 672 g/mol. The highest BCUT2D eigenvalue weighted by molar-refractivity contribution is 7.98. The lowest BCUT2D eigenvalue weighted by atomic mass is 9.44. The molecule has 0 amide bonds. The Labute approximate surface area is 294 Å². The Morgan fingerprint density at radius 3 is 2.57 bits per heavy atom. The topological polar surface area (TPSA) is 105 Å². The van der Waals surface area contributed by atoms with Crippen LogP contribution in [0.2, 0.25) is 5.02 Å². The molecule has 2 aromatic rings. The molecule has 7 rings (SSSR count). The summed E-state index contributed by atoms with van der Waals surface area (Å²) in [6, 6.07) is 13.8. The van der Waals surface area contributed by atoms with Crippen molar-refractivity contribution < 1.29 is 38.1 Å². The Kier molecular flexibility index (Phi) is 8.72. The Hall–Kier alpha value is -2.60. The molecular formula is C38H42ClF2NO6S. The van der Waals surface area contributed by atoms with E-state index in [9.17, 15) is 19.8 Å². The van der Waals surface area contributed by atoms with Crippen LogP contribution in [0.15, 0.2) is 71.2 Å². The van der Waals surface area contributed by atoms with Gasteiger partial charge in [-0.3, -0.25) is 9.59 Å². The fourth-order valence-corrected chi connectivity index (χ4v) is 10.7. The molecule has 0 aromatic heterocycles. The van der Waals surface area contributed by atoms with Crippen LogP contribution in [0.4, 0.5) is 14.5 Å². The fraction of sp³-hybridized carbons (Fsp3) is 0.526. The van der Waals surface area contributed by atoms with Crippen LogP contribution in [0, 0.1) is 22.7 Å². The van der Waals surface area contributed by atoms with Crippen molar-refractivity contribution in [2.24, 2.45) is 22.7 Å². The Bertz CT molecular complexity index is 1740. The minimum Gasteiger partial charge on any atom is -0.390 e. The summed E-state index contributed by atoms with van der Waals surface area (Å²) >= 11 is 8.02. The number of nitrogens with one attached hydrogen (secondary N) is 1. The van der Waals surface area contributed by atoms with Crippen LogP contribution in [0.3, 0.4) is 0 Å². The van der Waals surface area contributed by atoms with E-state index in [1.54, 1.807) is 25.6 Å². The third kappa shape index (κ3) is 5.11. The second-order valence-corrected chi connectivity index (χ2v) is 16.4. The first-order valence-electron chi connectivity index (χ1n) is 16.9. The van der Waals surface area contributed by atoms with Gasteiger partial charge < -0.3 is 25.0 Å². The van der Waals surface area contributed by atoms with E-state index < -0.39 is 76.8 Å². The van der Waals surface area contributed by atoms with Crippen molar-refractivity contribution in [2.45, 2.75) is 99.6 Å². The molecule has 4 fully saturated rings. The maximum absolute atomic E-state index is 17.6. The number of benzene rings is 2. The van der Waals surface area contributed by atoms with Crippen molar-refractivity contribution in [3.8, 4) is 0 Å². The van der Waals surface area contributed by atoms with Crippen LogP contribution in [0.25, 0.3) is 0 Å². The molecule has 7 nitrogen and oxygen atoms in total. The number of thioether (sulfide) groups is 1. The van der Waals surface area contributed by atoms with Crippen LogP contribution in [-0.2, 0) is 24.8 Å². The van der Waals surface area contributed by atoms with Gasteiger partial charge in [0.2, 0.25) is 0 Å². The summed E-state index contributed by atoms with van der Waals surface area (Å²) in [5.74, 6) is -1.92. The van der Waals surface area contributed by atoms with Crippen LogP contribution in [0.5, 0.6) is 0 Å². The number of allylic oxidation sites excluding steroid dienone is 4. The summed E-state index contributed by atoms with van der Waals surface area (Å²) in [6.45, 7) is 6.60. The molecule has 262 valence electrons. The lowest BCUT2D eigenvalue weighted by Crippen LogP contribution is -2.70. The monoisotopic (exact) mass is 713 g/mol. The summed E-state index contributed by atoms with van der Waals surface area (Å²) in [4.78, 5) is 27.0. The molecule has 4 aliphatic carbocycles. The zero-order valence-corrected chi connectivity index (χ0v) is 29.5. The largest absolute Gasteiger partial charge is 0.390 e. The molecule has 1 aliphatic heterocycles. The Morgan fingerprint density at radius 1 is 1.14 bits per heavy atom. The van der Waals surface area contributed by atoms with E-state index in [4.69, 9.17) is 21.1 Å². The van der Waals surface area contributed by atoms with Gasteiger partial charge in [-0.25, -0.2) is 8.78 Å². The molecule has 3 N–H and O–H groups in total. The number of aliphatic hydroxyl groups is 2. The second-order valence-electron chi connectivity index (χ2n) is 15.0. The number of fused-ring (bicyclic) bond motifs is 7. The van der Waals surface area contributed by atoms with Crippen molar-refractivity contribution in [1.82, 2.24) is 0 Å². The van der Waals surface area contributed by atoms with Crippen molar-refractivity contribution in [1.29, 1.82) is 0 Å². The number of carbonyl (C=O) groups is 2. The third-order valence-corrected chi connectivity index (χ3v) is 13.4. The second kappa shape index (κ2) is 12.3. The number of ketones is 2. The zero-order valence-electron chi connectivity index (χ0n) is 27.9. The first-order valence-corrected chi connectivity index (χ1v) is 18.3. The summed E-state index contributed by atoms with van der Waals surface area (Å²) in [5.41, 5.74) is -4.02. The smallest absolute Gasteiger partial charge is 0.193 e. The normalized spacial score (nSPS) is 39.2. The molecule has 5 aliphatic rings. The number of aliphatic hydroxyl groups excluding tert-OH is 2. The third-order valence-electron chi connectivity index (χ3n) is 12.0. The van der Waals surface area contributed by atoms with E-state index in [-0.39, 0.29) is 30.9 Å². The van der Waals surface area contributed by atoms with Gasteiger partial charge in [0, 0.05) is 39.0 Å². The quantitative estimate of drug-likeness (QED) is 0.249. The number of anilines is 1. The molecule has 3 saturated carbocycles. The zero-order chi connectivity index (χ0) is 35.1. The molecule has 0 radical (unpaired) electrons. The minimum atomic E-state index is -2.29. The van der Waals surface area contributed by atoms with Crippen molar-refractivity contribution in [3.63, 3.8) is 0 Å². The van der Waals surface area contributed by atoms with Gasteiger partial charge in [0.05, 0.1) is 22.9 Å². The number of rotatable bonds is 8. The number of halogens is 3. The average Bonchev–Trinajstić information content (AvgIpc) is 3.56. The highest BCUT2D eigenvalue weighted by Gasteiger charge is 2.80. The minimum absolute atomic E-state index is 0.0382. The van der Waals surface area contributed by atoms with E-state index in [0.717, 1.165) is 22.2 Å². The summed E-state index contributed by atoms with van der Waals surface area (Å²) in [7, 11) is 0. The number of Topliss-reactive ketones (excluding diaryl/α,β-unsaturated/α-hetero) is 1. The van der Waals surface area contributed by atoms with Gasteiger partial charge in [0.15, 0.2) is 29.1 Å². The van der Waals surface area contributed by atoms with Crippen molar-refractivity contribution in [3.05, 3.63) is 82.4 Å². The van der Waals surface area contributed by atoms with Crippen LogP contribution >= 0.6 is 23.4 Å². The number of hydrogen-bond acceptors (Lipinski definition) is 8. The summed E-state index contributed by atoms with van der Waals surface area (Å²) < 4.78 is 46.5. The predicted molar refractivity (Wildman–Crippen MR) is 184 cm³/mol. The summed E-state index contributed by atoms with van der Waals surface area (Å²) in [5, 5.41) is 26.0. The highest BCUT2D eigenvalue weighted by atomic mass is 35.5. The van der Waals surface area contributed by atoms with E-state index >= 15 is 8.78 Å². The van der Waals surface area contributed by atoms with Gasteiger partial charge in [0.1, 0.15) is 12.8 Å². The molecule has 1 heterocycles. The highest BCUT2D eigenvalue weighted by Crippen LogP contribution is 2.72. The number of alkyl halides is 2. The van der Waals surface area contributed by atoms with Crippen LogP contribution in [0.1, 0.15) is 64.4 Å². The molecule has 1 saturated heterocycles. The fourth-order valence-electron chi connectivity index (χ4n) is 9.67. The standard InChI is InChI=1S/C38H42ClF2NO6S/c1-20(2)42-30-14-24(9-10-28(30)39)49-19-21-5-7-22(8-6-21)34-47-33-16-25-26-15-29(40)27-13-23(44)11-12-35(27,3)37(26,41)31(45)17-36(25,4)38(33,48-34)32(46)18-43/h5-14,20,25-26,29,31,33-34,42-43,45H,15-19H2,1-4H3/t25-,26-,29-,31-,33+,34+,35-,36-,37-,38+/m0/s1. The molecule has 0 unspecified atom stereocenters. The van der Waals surface area contributed by atoms with Gasteiger partial charge in [-0.05, 0) is 87.4 Å². The lowest BCUT2D eigenvalue weighted by Gasteiger charge is -2.63. The Balaban J connectivity index is 1.13. The van der Waals surface area contributed by atoms with Gasteiger partial charge >= 0.3 is 0 Å². The van der Waals surface area contributed by atoms with Crippen molar-refractivity contribution >= 4 is 40.6 Å². The SMILES string of the molecule is CC(C)Nc1cc(SCc2ccc([C@@H]3O[C@@H]4C[C@H]5[C@@H]6C[C@H](F)C7=CC(=O)C=C[C@]7(C)[C@@]6(F)[C@@H](O)C[C@]5(C)[C@]4(C(=O)CO)O3)cc2)ccc1Cl. The maximum atomic E-state index is 17.6. The number of ether oxygens (including phenoxy) is 2. The molecule has 10 atom stereocenters. The molecule has 0 bridgehead atoms. The predicted octanol–water partition coefficient (Wildman–Crippen LogP) is 7.10. The Morgan fingerprint density at radius 2 is 1.88 bits per heavy atom. The van der Waals surface area contributed by atoms with Crippen LogP contribution < -0.4 is 5.32 Å². The number of carbonyl (C=O) groups excluding carboxylic acids is 2. The first-order chi connectivity index (χ1) is 23.2. The number of hydrogen-bond donors (Lipinski definition) is 3. The van der Waals surface area contributed by atoms with Gasteiger partial charge in [-0.1, -0.05) is 48.9 Å². The van der Waals surface area contributed by atoms with Crippen LogP contribution in [-0.4, -0.2) is 64.1 Å². The molecule has 49 heavy (non-hydrogen) atoms. The maximum Gasteiger partial charge on any atom is 0.193 e. The van der Waals surface area contributed by atoms with E-state index in [2.05, 4.69) is 19.2 Å². The van der Waals surface area contributed by atoms with Gasteiger partial charge in [-0.2, -0.15) is 0 Å². The molecule has 11 heteroatoms. The van der Waals surface area contributed by atoms with Gasteiger partial charge in [-0.15, -0.1) is 11.8 Å². The average molecular weight is 714 g/mol. The van der Waals surface area contributed by atoms with Crippen molar-refractivity contribution in [2.75, 3.05) is 11.9 Å². The molecule has 0 spiro atoms.